The lowest BCUT2D eigenvalue weighted by Crippen LogP contribution is -2.31. The number of hydrazine groups is 1. The molecule has 4 N–H and O–H groups in total. The van der Waals surface area contributed by atoms with E-state index in [1.54, 1.807) is 37.1 Å². The summed E-state index contributed by atoms with van der Waals surface area (Å²) in [6, 6.07) is 5.79. The van der Waals surface area contributed by atoms with Gasteiger partial charge in [-0.2, -0.15) is 18.3 Å². The Kier molecular flexibility index (Phi) is 6.92. The van der Waals surface area contributed by atoms with E-state index in [1.165, 1.54) is 11.0 Å². The molecule has 4 rings (SSSR count). The number of alkyl halides is 4. The highest BCUT2D eigenvalue weighted by Crippen LogP contribution is 2.40. The van der Waals surface area contributed by atoms with Crippen LogP contribution in [0, 0.1) is 0 Å². The number of aromatic nitrogens is 3. The van der Waals surface area contributed by atoms with Gasteiger partial charge in [0.1, 0.15) is 17.5 Å². The topological polar surface area (TPSA) is 113 Å². The molecule has 3 heterocycles. The van der Waals surface area contributed by atoms with E-state index in [4.69, 9.17) is 17.4 Å². The summed E-state index contributed by atoms with van der Waals surface area (Å²) in [6.07, 6.45) is -3.05. The van der Waals surface area contributed by atoms with Gasteiger partial charge in [-0.15, -0.1) is 11.6 Å². The summed E-state index contributed by atoms with van der Waals surface area (Å²) in [7, 11) is 3.30. The number of fused-ring (bicyclic) bond motifs is 1. The third-order valence-electron chi connectivity index (χ3n) is 5.84. The van der Waals surface area contributed by atoms with Crippen molar-refractivity contribution in [3.8, 4) is 11.3 Å². The molecule has 0 aliphatic carbocycles. The highest BCUT2D eigenvalue weighted by Gasteiger charge is 2.41. The quantitative estimate of drug-likeness (QED) is 0.150. The van der Waals surface area contributed by atoms with Crippen LogP contribution in [-0.2, 0) is 25.6 Å². The van der Waals surface area contributed by atoms with Crippen molar-refractivity contribution in [1.82, 2.24) is 20.2 Å². The Morgan fingerprint density at radius 2 is 2.03 bits per heavy atom. The van der Waals surface area contributed by atoms with Gasteiger partial charge in [0, 0.05) is 37.6 Å². The van der Waals surface area contributed by atoms with E-state index in [2.05, 4.69) is 25.8 Å². The second-order valence-electron chi connectivity index (χ2n) is 8.07. The number of amides is 1. The first kappa shape index (κ1) is 25.5. The van der Waals surface area contributed by atoms with Crippen LogP contribution in [0.15, 0.2) is 35.5 Å². The molecule has 1 aromatic carbocycles. The van der Waals surface area contributed by atoms with Crippen LogP contribution in [0.3, 0.4) is 0 Å². The SMILES string of the molecule is CCNc1cc(-c2c(C(=NC)NN)cnn2C)cc(N2Cc3c(cc(CCl)cc3C(F)(F)F)C2=O)n1. The highest BCUT2D eigenvalue weighted by atomic mass is 35.5. The Hall–Kier alpha value is -3.64. The molecule has 36 heavy (non-hydrogen) atoms. The minimum absolute atomic E-state index is 0.0355. The molecular formula is C23H24ClF3N8O. The number of nitrogens with zero attached hydrogens (tertiary/aromatic N) is 5. The summed E-state index contributed by atoms with van der Waals surface area (Å²) in [6.45, 7) is 2.13. The molecule has 1 amide bonds. The van der Waals surface area contributed by atoms with Gasteiger partial charge in [-0.25, -0.2) is 10.8 Å². The van der Waals surface area contributed by atoms with E-state index >= 15 is 0 Å². The van der Waals surface area contributed by atoms with Gasteiger partial charge in [0.15, 0.2) is 0 Å². The number of aliphatic imine (C=N–C) groups is 1. The minimum Gasteiger partial charge on any atom is -0.370 e. The van der Waals surface area contributed by atoms with Crippen LogP contribution in [0.4, 0.5) is 24.8 Å². The zero-order valence-corrected chi connectivity index (χ0v) is 20.5. The number of aryl methyl sites for hydroxylation is 1. The van der Waals surface area contributed by atoms with Crippen LogP contribution in [-0.4, -0.2) is 40.1 Å². The number of rotatable bonds is 6. The maximum Gasteiger partial charge on any atom is 0.416 e. The number of anilines is 2. The molecule has 0 atom stereocenters. The number of carbonyl (C=O) groups excluding carboxylic acids is 1. The Morgan fingerprint density at radius 1 is 1.28 bits per heavy atom. The van der Waals surface area contributed by atoms with Gasteiger partial charge in [-0.05, 0) is 42.3 Å². The average Bonchev–Trinajstić information content (AvgIpc) is 3.38. The minimum atomic E-state index is -4.64. The lowest BCUT2D eigenvalue weighted by atomic mass is 9.99. The van der Waals surface area contributed by atoms with Crippen molar-refractivity contribution < 1.29 is 18.0 Å². The van der Waals surface area contributed by atoms with Crippen LogP contribution in [0.2, 0.25) is 0 Å². The lowest BCUT2D eigenvalue weighted by Gasteiger charge is -2.19. The van der Waals surface area contributed by atoms with E-state index < -0.39 is 17.6 Å². The van der Waals surface area contributed by atoms with Gasteiger partial charge in [0.05, 0.1) is 29.6 Å². The third kappa shape index (κ3) is 4.49. The molecule has 3 aromatic rings. The molecule has 13 heteroatoms. The van der Waals surface area contributed by atoms with Gasteiger partial charge in [0.2, 0.25) is 0 Å². The van der Waals surface area contributed by atoms with Crippen molar-refractivity contribution in [2.24, 2.45) is 17.9 Å². The van der Waals surface area contributed by atoms with Gasteiger partial charge < -0.3 is 10.7 Å². The van der Waals surface area contributed by atoms with Gasteiger partial charge >= 0.3 is 6.18 Å². The van der Waals surface area contributed by atoms with Crippen molar-refractivity contribution in [2.45, 2.75) is 25.5 Å². The summed E-state index contributed by atoms with van der Waals surface area (Å²) in [5.41, 5.74) is 3.58. The molecular weight excluding hydrogens is 497 g/mol. The van der Waals surface area contributed by atoms with Gasteiger partial charge in [0.25, 0.3) is 5.91 Å². The Labute approximate surface area is 210 Å². The predicted molar refractivity (Wildman–Crippen MR) is 132 cm³/mol. The molecule has 2 aromatic heterocycles. The molecule has 9 nitrogen and oxygen atoms in total. The van der Waals surface area contributed by atoms with Crippen LogP contribution in [0.25, 0.3) is 11.3 Å². The third-order valence-corrected chi connectivity index (χ3v) is 6.14. The molecule has 0 unspecified atom stereocenters. The number of nitrogens with two attached hydrogens (primary N) is 1. The molecule has 1 aliphatic heterocycles. The average molecular weight is 521 g/mol. The van der Waals surface area contributed by atoms with Crippen molar-refractivity contribution in [1.29, 1.82) is 0 Å². The molecule has 0 bridgehead atoms. The van der Waals surface area contributed by atoms with Gasteiger partial charge in [-0.1, -0.05) is 0 Å². The van der Waals surface area contributed by atoms with Crippen molar-refractivity contribution in [2.75, 3.05) is 23.8 Å². The summed E-state index contributed by atoms with van der Waals surface area (Å²) in [5, 5.41) is 7.41. The number of benzene rings is 1. The van der Waals surface area contributed by atoms with Crippen LogP contribution in [0.1, 0.15) is 39.5 Å². The molecule has 0 radical (unpaired) electrons. The molecule has 190 valence electrons. The van der Waals surface area contributed by atoms with E-state index in [0.29, 0.717) is 35.0 Å². The Morgan fingerprint density at radius 3 is 2.64 bits per heavy atom. The maximum absolute atomic E-state index is 13.8. The second-order valence-corrected chi connectivity index (χ2v) is 8.34. The first-order chi connectivity index (χ1) is 17.1. The van der Waals surface area contributed by atoms with E-state index in [9.17, 15) is 18.0 Å². The fourth-order valence-electron chi connectivity index (χ4n) is 4.26. The zero-order valence-electron chi connectivity index (χ0n) is 19.7. The maximum atomic E-state index is 13.8. The van der Waals surface area contributed by atoms with Crippen LogP contribution >= 0.6 is 11.6 Å². The summed E-state index contributed by atoms with van der Waals surface area (Å²) < 4.78 is 43.1. The second kappa shape index (κ2) is 9.78. The number of amidine groups is 1. The molecule has 0 spiro atoms. The number of hydrogen-bond acceptors (Lipinski definition) is 6. The van der Waals surface area contributed by atoms with Crippen molar-refractivity contribution in [3.63, 3.8) is 0 Å². The summed E-state index contributed by atoms with van der Waals surface area (Å²) >= 11 is 5.82. The number of nitrogens with one attached hydrogen (secondary N) is 2. The number of halogens is 4. The number of pyridine rings is 1. The molecule has 1 aliphatic rings. The predicted octanol–water partition coefficient (Wildman–Crippen LogP) is 3.67. The van der Waals surface area contributed by atoms with E-state index in [-0.39, 0.29) is 34.9 Å². The van der Waals surface area contributed by atoms with E-state index in [1.807, 2.05) is 6.92 Å². The van der Waals surface area contributed by atoms with Crippen LogP contribution in [0.5, 0.6) is 0 Å². The fraction of sp³-hybridized carbons (Fsp3) is 0.304. The summed E-state index contributed by atoms with van der Waals surface area (Å²) in [4.78, 5) is 23.2. The van der Waals surface area contributed by atoms with E-state index in [0.717, 1.165) is 6.07 Å². The highest BCUT2D eigenvalue weighted by molar-refractivity contribution is 6.17. The Balaban J connectivity index is 1.86. The number of carbonyl (C=O) groups is 1. The zero-order chi connectivity index (χ0) is 26.2. The fourth-order valence-corrected chi connectivity index (χ4v) is 4.42. The smallest absolute Gasteiger partial charge is 0.370 e. The lowest BCUT2D eigenvalue weighted by molar-refractivity contribution is -0.138. The molecule has 0 fully saturated rings. The van der Waals surface area contributed by atoms with Crippen LogP contribution < -0.4 is 21.5 Å². The normalized spacial score (nSPS) is 13.8. The van der Waals surface area contributed by atoms with Gasteiger partial charge in [-0.3, -0.25) is 19.4 Å². The monoisotopic (exact) mass is 520 g/mol. The molecule has 0 saturated heterocycles. The molecule has 0 saturated carbocycles. The first-order valence-electron chi connectivity index (χ1n) is 11.0. The standard InChI is InChI=1S/C23H24ClF3N8O/c1-4-30-18-7-13(20-15(10-31-34(20)3)21(29-2)33-28)8-19(32-18)35-11-16-14(22(35)36)5-12(9-24)6-17(16)23(25,26)27/h5-8,10H,4,9,11,28H2,1-3H3,(H,29,33)(H,30,32). The largest absolute Gasteiger partial charge is 0.416 e. The summed E-state index contributed by atoms with van der Waals surface area (Å²) in [5.74, 6) is 5.90. The van der Waals surface area contributed by atoms with Crippen molar-refractivity contribution >= 4 is 35.0 Å². The Bertz CT molecular complexity index is 1350. The van der Waals surface area contributed by atoms with Crippen molar-refractivity contribution in [3.05, 3.63) is 58.3 Å². The number of hydrogen-bond donors (Lipinski definition) is 3. The first-order valence-corrected chi connectivity index (χ1v) is 11.5.